The average Bonchev–Trinajstić information content (AvgIpc) is 3.58. The van der Waals surface area contributed by atoms with E-state index in [9.17, 15) is 45.6 Å². The standard InChI is InChI=1S/C69H133NO13/c1-3-5-7-9-11-13-14-15-16-17-18-19-20-21-22-23-24-25-26-27-28-29-30-31-32-33-34-35-36-37-38-39-40-41-42-43-45-47-49-51-53-61(74)70-57(58(73)52-50-48-46-44-12-10-8-6-4-2)56-80-68-66(79)64(77)67(60(55-72)82-68)83-69-65(78)63(76)62(75)59(54-71)81-69/h50,52,57-60,62-69,71-73,75-79H,3-49,51,53-56H2,1-2H3,(H,70,74)/b52-50+. The second-order valence-corrected chi connectivity index (χ2v) is 25.4. The topological polar surface area (TPSA) is 228 Å². The maximum absolute atomic E-state index is 13.2. The minimum absolute atomic E-state index is 0.235. The second kappa shape index (κ2) is 54.8. The Morgan fingerprint density at radius 3 is 1.11 bits per heavy atom. The van der Waals surface area contributed by atoms with Crippen molar-refractivity contribution < 1.29 is 64.6 Å². The molecule has 0 aromatic carbocycles. The van der Waals surface area contributed by atoms with Crippen molar-refractivity contribution in [1.82, 2.24) is 5.32 Å². The molecule has 2 saturated heterocycles. The number of carbonyl (C=O) groups is 1. The zero-order valence-electron chi connectivity index (χ0n) is 53.5. The summed E-state index contributed by atoms with van der Waals surface area (Å²) in [4.78, 5) is 13.2. The number of amides is 1. The molecule has 2 rings (SSSR count). The molecule has 0 aliphatic carbocycles. The molecule has 0 spiro atoms. The van der Waals surface area contributed by atoms with Crippen LogP contribution in [0, 0.1) is 0 Å². The summed E-state index contributed by atoms with van der Waals surface area (Å²) >= 11 is 0. The Morgan fingerprint density at radius 2 is 0.747 bits per heavy atom. The first kappa shape index (κ1) is 77.8. The molecule has 0 radical (unpaired) electrons. The fraction of sp³-hybridized carbons (Fsp3) is 0.957. The van der Waals surface area contributed by atoms with Crippen LogP contribution < -0.4 is 5.32 Å². The third-order valence-corrected chi connectivity index (χ3v) is 17.7. The molecule has 83 heavy (non-hydrogen) atoms. The molecule has 1 amide bonds. The van der Waals surface area contributed by atoms with Gasteiger partial charge in [0.05, 0.1) is 32.0 Å². The lowest BCUT2D eigenvalue weighted by Gasteiger charge is -2.46. The predicted molar refractivity (Wildman–Crippen MR) is 337 cm³/mol. The van der Waals surface area contributed by atoms with E-state index < -0.39 is 86.8 Å². The van der Waals surface area contributed by atoms with E-state index in [1.54, 1.807) is 6.08 Å². The molecule has 2 aliphatic rings. The number of carbonyl (C=O) groups excluding carboxylic acids is 1. The molecule has 12 unspecified atom stereocenters. The second-order valence-electron chi connectivity index (χ2n) is 25.4. The SMILES string of the molecule is CCCCCCCCC/C=C/C(O)C(COC1OC(CO)C(OC2OC(CO)C(O)C(O)C2O)C(O)C1O)NC(=O)CCCCCCCCCCCCCCCCCCCCCCCCCCCCCCCCCCCCCCCCCC. The minimum atomic E-state index is -1.79. The number of ether oxygens (including phenoxy) is 4. The molecule has 14 heteroatoms. The summed E-state index contributed by atoms with van der Waals surface area (Å²) in [6, 6.07) is -0.908. The van der Waals surface area contributed by atoms with Crippen LogP contribution in [0.1, 0.15) is 328 Å². The van der Waals surface area contributed by atoms with Crippen LogP contribution >= 0.6 is 0 Å². The van der Waals surface area contributed by atoms with Crippen LogP contribution in [-0.2, 0) is 23.7 Å². The van der Waals surface area contributed by atoms with Crippen LogP contribution in [0.15, 0.2) is 12.2 Å². The molecule has 2 aliphatic heterocycles. The molecule has 2 fully saturated rings. The number of allylic oxidation sites excluding steroid dienone is 1. The van der Waals surface area contributed by atoms with Crippen LogP contribution in [-0.4, -0.2) is 140 Å². The number of hydrogen-bond donors (Lipinski definition) is 9. The Balaban J connectivity index is 1.48. The van der Waals surface area contributed by atoms with Gasteiger partial charge in [-0.1, -0.05) is 315 Å². The maximum atomic E-state index is 13.2. The van der Waals surface area contributed by atoms with Gasteiger partial charge in [0.25, 0.3) is 0 Å². The van der Waals surface area contributed by atoms with E-state index in [0.29, 0.717) is 6.42 Å². The van der Waals surface area contributed by atoms with Crippen molar-refractivity contribution in [3.05, 3.63) is 12.2 Å². The van der Waals surface area contributed by atoms with Gasteiger partial charge in [0.2, 0.25) is 5.91 Å². The third kappa shape index (κ3) is 39.4. The molecule has 0 bridgehead atoms. The average molecular weight is 1180 g/mol. The molecule has 492 valence electrons. The van der Waals surface area contributed by atoms with E-state index in [0.717, 1.165) is 38.5 Å². The maximum Gasteiger partial charge on any atom is 0.220 e. The largest absolute Gasteiger partial charge is 0.394 e. The Morgan fingerprint density at radius 1 is 0.422 bits per heavy atom. The minimum Gasteiger partial charge on any atom is -0.394 e. The van der Waals surface area contributed by atoms with E-state index in [4.69, 9.17) is 18.9 Å². The van der Waals surface area contributed by atoms with Gasteiger partial charge >= 0.3 is 0 Å². The molecule has 9 N–H and O–H groups in total. The van der Waals surface area contributed by atoms with Crippen LogP contribution in [0.4, 0.5) is 0 Å². The fourth-order valence-electron chi connectivity index (χ4n) is 12.1. The van der Waals surface area contributed by atoms with E-state index in [2.05, 4.69) is 19.2 Å². The highest BCUT2D eigenvalue weighted by atomic mass is 16.7. The normalized spacial score (nSPS) is 23.8. The molecule has 2 heterocycles. The van der Waals surface area contributed by atoms with Crippen LogP contribution in [0.2, 0.25) is 0 Å². The fourth-order valence-corrected chi connectivity index (χ4v) is 12.1. The summed E-state index contributed by atoms with van der Waals surface area (Å²) in [7, 11) is 0. The van der Waals surface area contributed by atoms with Gasteiger partial charge in [-0.05, 0) is 19.3 Å². The lowest BCUT2D eigenvalue weighted by molar-refractivity contribution is -0.359. The van der Waals surface area contributed by atoms with Gasteiger partial charge < -0.3 is 65.1 Å². The molecule has 12 atom stereocenters. The van der Waals surface area contributed by atoms with Gasteiger partial charge in [0.15, 0.2) is 12.6 Å². The molecular weight excluding hydrogens is 1050 g/mol. The number of nitrogens with one attached hydrogen (secondary N) is 1. The van der Waals surface area contributed by atoms with E-state index in [1.165, 1.54) is 263 Å². The Bertz CT molecular complexity index is 1440. The highest BCUT2D eigenvalue weighted by molar-refractivity contribution is 5.76. The van der Waals surface area contributed by atoms with Gasteiger partial charge in [0.1, 0.15) is 48.8 Å². The van der Waals surface area contributed by atoms with Crippen LogP contribution in [0.25, 0.3) is 0 Å². The van der Waals surface area contributed by atoms with E-state index in [1.807, 2.05) is 6.08 Å². The third-order valence-electron chi connectivity index (χ3n) is 17.7. The number of aliphatic hydroxyl groups excluding tert-OH is 8. The van der Waals surface area contributed by atoms with E-state index >= 15 is 0 Å². The lowest BCUT2D eigenvalue weighted by Crippen LogP contribution is -2.65. The Kier molecular flexibility index (Phi) is 51.4. The molecule has 0 aromatic heterocycles. The van der Waals surface area contributed by atoms with Crippen LogP contribution in [0.3, 0.4) is 0 Å². The quantitative estimate of drug-likeness (QED) is 0.0204. The number of hydrogen-bond acceptors (Lipinski definition) is 13. The van der Waals surface area contributed by atoms with Crippen molar-refractivity contribution in [3.63, 3.8) is 0 Å². The monoisotopic (exact) mass is 1180 g/mol. The van der Waals surface area contributed by atoms with Gasteiger partial charge in [-0.3, -0.25) is 4.79 Å². The first-order valence-electron chi connectivity index (χ1n) is 35.4. The molecule has 0 aromatic rings. The first-order valence-corrected chi connectivity index (χ1v) is 35.4. The van der Waals surface area contributed by atoms with Crippen molar-refractivity contribution in [2.45, 2.75) is 402 Å². The lowest BCUT2D eigenvalue weighted by atomic mass is 9.97. The summed E-state index contributed by atoms with van der Waals surface area (Å²) in [6.07, 6.45) is 50.6. The summed E-state index contributed by atoms with van der Waals surface area (Å²) in [5, 5.41) is 86.9. The van der Waals surface area contributed by atoms with Crippen molar-refractivity contribution in [1.29, 1.82) is 0 Å². The molecule has 14 nitrogen and oxygen atoms in total. The highest BCUT2D eigenvalue weighted by Crippen LogP contribution is 2.30. The van der Waals surface area contributed by atoms with Gasteiger partial charge in [-0.15, -0.1) is 0 Å². The highest BCUT2D eigenvalue weighted by Gasteiger charge is 2.51. The number of aliphatic hydroxyl groups is 8. The summed E-state index contributed by atoms with van der Waals surface area (Å²) in [5.41, 5.74) is 0. The summed E-state index contributed by atoms with van der Waals surface area (Å²) < 4.78 is 22.7. The molecular formula is C69H133NO13. The van der Waals surface area contributed by atoms with Gasteiger partial charge in [0, 0.05) is 6.42 Å². The Labute approximate surface area is 507 Å². The van der Waals surface area contributed by atoms with Gasteiger partial charge in [-0.25, -0.2) is 0 Å². The van der Waals surface area contributed by atoms with Crippen molar-refractivity contribution in [3.8, 4) is 0 Å². The van der Waals surface area contributed by atoms with Gasteiger partial charge in [-0.2, -0.15) is 0 Å². The summed E-state index contributed by atoms with van der Waals surface area (Å²) in [6.45, 7) is 2.79. The smallest absolute Gasteiger partial charge is 0.220 e. The van der Waals surface area contributed by atoms with Crippen molar-refractivity contribution in [2.75, 3.05) is 19.8 Å². The molecule has 0 saturated carbocycles. The number of unbranched alkanes of at least 4 members (excludes halogenated alkanes) is 46. The summed E-state index contributed by atoms with van der Waals surface area (Å²) in [5.74, 6) is -0.235. The Hall–Kier alpha value is -1.27. The zero-order valence-corrected chi connectivity index (χ0v) is 53.5. The van der Waals surface area contributed by atoms with Crippen molar-refractivity contribution >= 4 is 5.91 Å². The van der Waals surface area contributed by atoms with E-state index in [-0.39, 0.29) is 18.9 Å². The first-order chi connectivity index (χ1) is 40.6. The number of rotatable bonds is 59. The van der Waals surface area contributed by atoms with Crippen molar-refractivity contribution in [2.24, 2.45) is 0 Å². The van der Waals surface area contributed by atoms with Crippen LogP contribution in [0.5, 0.6) is 0 Å². The predicted octanol–water partition coefficient (Wildman–Crippen LogP) is 14.2. The zero-order chi connectivity index (χ0) is 60.2.